The second-order valence-electron chi connectivity index (χ2n) is 8.77. The van der Waals surface area contributed by atoms with Crippen molar-refractivity contribution in [1.29, 1.82) is 0 Å². The molecule has 1 fully saturated rings. The molecule has 0 aliphatic carbocycles. The summed E-state index contributed by atoms with van der Waals surface area (Å²) < 4.78 is 95.4. The quantitative estimate of drug-likeness (QED) is 0.371. The third-order valence-electron chi connectivity index (χ3n) is 6.40. The van der Waals surface area contributed by atoms with Crippen LogP contribution in [0.15, 0.2) is 76.7 Å². The van der Waals surface area contributed by atoms with E-state index in [1.54, 1.807) is 30.3 Å². The second kappa shape index (κ2) is 10.8. The van der Waals surface area contributed by atoms with Crippen LogP contribution in [0.1, 0.15) is 30.9 Å². The first-order chi connectivity index (χ1) is 17.9. The molecule has 38 heavy (non-hydrogen) atoms. The molecule has 2 aromatic carbocycles. The van der Waals surface area contributed by atoms with Gasteiger partial charge in [0.15, 0.2) is 0 Å². The molecule has 0 amide bonds. The van der Waals surface area contributed by atoms with Crippen LogP contribution in [-0.4, -0.2) is 45.3 Å². The highest BCUT2D eigenvalue weighted by Crippen LogP contribution is 2.35. The fourth-order valence-electron chi connectivity index (χ4n) is 4.31. The minimum Gasteiger partial charge on any atom is -0.247 e. The Kier molecular flexibility index (Phi) is 8.08. The number of piperidine rings is 1. The van der Waals surface area contributed by atoms with E-state index in [1.165, 1.54) is 22.5 Å². The molecule has 2 heterocycles. The van der Waals surface area contributed by atoms with Crippen molar-refractivity contribution >= 4 is 37.5 Å². The highest BCUT2D eigenvalue weighted by Gasteiger charge is 2.39. The van der Waals surface area contributed by atoms with Gasteiger partial charge >= 0.3 is 6.18 Å². The summed E-state index contributed by atoms with van der Waals surface area (Å²) in [6.07, 6.45) is -3.12. The topological polar surface area (TPSA) is 87.7 Å². The van der Waals surface area contributed by atoms with Gasteiger partial charge in [0.1, 0.15) is 10.7 Å². The number of hydrogen-bond donors (Lipinski definition) is 0. The molecule has 13 heteroatoms. The lowest BCUT2D eigenvalue weighted by Crippen LogP contribution is -2.49. The zero-order chi connectivity index (χ0) is 27.7. The molecule has 0 unspecified atom stereocenters. The number of aromatic nitrogens is 1. The first-order valence-corrected chi connectivity index (χ1v) is 15.0. The minimum absolute atomic E-state index is 0.0116. The van der Waals surface area contributed by atoms with E-state index in [-0.39, 0.29) is 46.6 Å². The number of pyridine rings is 1. The number of rotatable bonds is 7. The highest BCUT2D eigenvalue weighted by molar-refractivity contribution is 7.93. The molecule has 0 spiro atoms. The Morgan fingerprint density at radius 1 is 0.974 bits per heavy atom. The Morgan fingerprint density at radius 3 is 2.13 bits per heavy atom. The molecule has 3 aromatic rings. The van der Waals surface area contributed by atoms with Gasteiger partial charge in [-0.3, -0.25) is 0 Å². The van der Waals surface area contributed by atoms with Crippen LogP contribution < -0.4 is 4.31 Å². The van der Waals surface area contributed by atoms with Crippen LogP contribution in [0.2, 0.25) is 5.02 Å². The Bertz CT molecular complexity index is 1490. The van der Waals surface area contributed by atoms with Crippen LogP contribution >= 0.6 is 11.6 Å². The molecule has 1 aliphatic rings. The summed E-state index contributed by atoms with van der Waals surface area (Å²) in [4.78, 5) is 3.74. The lowest BCUT2D eigenvalue weighted by molar-refractivity contribution is -0.137. The van der Waals surface area contributed by atoms with Crippen molar-refractivity contribution in [2.24, 2.45) is 0 Å². The number of sulfonamides is 2. The molecule has 204 valence electrons. The predicted molar refractivity (Wildman–Crippen MR) is 138 cm³/mol. The number of alkyl halides is 3. The molecule has 1 aromatic heterocycles. The van der Waals surface area contributed by atoms with E-state index < -0.39 is 37.8 Å². The standard InChI is InChI=1S/C25H25ClF3N3O4S2/c1-2-18-7-10-21(11-8-18)37(33,34)31-15-13-20(14-16-31)32(24-12-9-19(17-30-24)25(27,28)29)38(35,36)23-6-4-3-5-22(23)26/h3-12,17,20H,2,13-16H2,1H3. The number of aryl methyl sites for hydroxylation is 1. The van der Waals surface area contributed by atoms with Crippen molar-refractivity contribution in [3.05, 3.63) is 83.0 Å². The van der Waals surface area contributed by atoms with E-state index in [0.29, 0.717) is 6.20 Å². The Hall–Kier alpha value is -2.67. The third kappa shape index (κ3) is 5.68. The van der Waals surface area contributed by atoms with Crippen molar-refractivity contribution in [3.63, 3.8) is 0 Å². The summed E-state index contributed by atoms with van der Waals surface area (Å²) >= 11 is 6.17. The van der Waals surface area contributed by atoms with Gasteiger partial charge in [-0.05, 0) is 61.2 Å². The Labute approximate surface area is 225 Å². The average molecular weight is 588 g/mol. The van der Waals surface area contributed by atoms with E-state index in [9.17, 15) is 30.0 Å². The van der Waals surface area contributed by atoms with Gasteiger partial charge in [-0.25, -0.2) is 26.1 Å². The number of benzene rings is 2. The molecule has 0 atom stereocenters. The number of hydrogen-bond acceptors (Lipinski definition) is 5. The number of anilines is 1. The van der Waals surface area contributed by atoms with Gasteiger partial charge < -0.3 is 0 Å². The van der Waals surface area contributed by atoms with Crippen LogP contribution in [-0.2, 0) is 32.6 Å². The molecule has 0 radical (unpaired) electrons. The first kappa shape index (κ1) is 28.3. The summed E-state index contributed by atoms with van der Waals surface area (Å²) in [5.74, 6) is -0.214. The fourth-order valence-corrected chi connectivity index (χ4v) is 7.95. The highest BCUT2D eigenvalue weighted by atomic mass is 35.5. The van der Waals surface area contributed by atoms with Crippen molar-refractivity contribution in [2.75, 3.05) is 17.4 Å². The SMILES string of the molecule is CCc1ccc(S(=O)(=O)N2CCC(N(c3ccc(C(F)(F)F)cn3)S(=O)(=O)c3ccccc3Cl)CC2)cc1. The first-order valence-electron chi connectivity index (χ1n) is 11.8. The van der Waals surface area contributed by atoms with Gasteiger partial charge in [0.2, 0.25) is 10.0 Å². The second-order valence-corrected chi connectivity index (χ2v) is 12.9. The summed E-state index contributed by atoms with van der Waals surface area (Å²) in [6, 6.07) is 13.3. The number of nitrogens with zero attached hydrogens (tertiary/aromatic N) is 3. The third-order valence-corrected chi connectivity index (χ3v) is 10.7. The Balaban J connectivity index is 1.65. The molecule has 1 saturated heterocycles. The molecular formula is C25H25ClF3N3O4S2. The van der Waals surface area contributed by atoms with E-state index in [2.05, 4.69) is 4.98 Å². The molecule has 0 N–H and O–H groups in total. The van der Waals surface area contributed by atoms with Gasteiger partial charge in [-0.1, -0.05) is 42.8 Å². The molecular weight excluding hydrogens is 563 g/mol. The van der Waals surface area contributed by atoms with Gasteiger partial charge in [-0.2, -0.15) is 17.5 Å². The molecule has 1 aliphatic heterocycles. The fraction of sp³-hybridized carbons (Fsp3) is 0.320. The largest absolute Gasteiger partial charge is 0.417 e. The van der Waals surface area contributed by atoms with Crippen molar-refractivity contribution in [1.82, 2.24) is 9.29 Å². The van der Waals surface area contributed by atoms with E-state index in [1.807, 2.05) is 6.92 Å². The van der Waals surface area contributed by atoms with Gasteiger partial charge in [0.25, 0.3) is 10.0 Å². The maximum Gasteiger partial charge on any atom is 0.417 e. The summed E-state index contributed by atoms with van der Waals surface area (Å²) in [7, 11) is -8.17. The number of halogens is 4. The van der Waals surface area contributed by atoms with Crippen molar-refractivity contribution < 1.29 is 30.0 Å². The lowest BCUT2D eigenvalue weighted by atomic mass is 10.1. The van der Waals surface area contributed by atoms with E-state index >= 15 is 0 Å². The normalized spacial score (nSPS) is 15.9. The van der Waals surface area contributed by atoms with Crippen LogP contribution in [0.5, 0.6) is 0 Å². The van der Waals surface area contributed by atoms with Crippen LogP contribution in [0.25, 0.3) is 0 Å². The summed E-state index contributed by atoms with van der Waals surface area (Å²) in [5, 5.41) is -0.0556. The smallest absolute Gasteiger partial charge is 0.247 e. The maximum atomic E-state index is 13.7. The van der Waals surface area contributed by atoms with Crippen molar-refractivity contribution in [3.8, 4) is 0 Å². The minimum atomic E-state index is -4.65. The molecule has 0 saturated carbocycles. The molecule has 0 bridgehead atoms. The van der Waals surface area contributed by atoms with Crippen LogP contribution in [0.4, 0.5) is 19.0 Å². The lowest BCUT2D eigenvalue weighted by Gasteiger charge is -2.38. The monoisotopic (exact) mass is 587 g/mol. The summed E-state index contributed by atoms with van der Waals surface area (Å²) in [6.45, 7) is 1.98. The maximum absolute atomic E-state index is 13.7. The van der Waals surface area contributed by atoms with E-state index in [0.717, 1.165) is 28.4 Å². The van der Waals surface area contributed by atoms with Crippen molar-refractivity contribution in [2.45, 2.75) is 48.2 Å². The molecule has 7 nitrogen and oxygen atoms in total. The average Bonchev–Trinajstić information content (AvgIpc) is 2.89. The zero-order valence-electron chi connectivity index (χ0n) is 20.3. The summed E-state index contributed by atoms with van der Waals surface area (Å²) in [5.41, 5.74) is -0.0292. The Morgan fingerprint density at radius 2 is 1.61 bits per heavy atom. The van der Waals surface area contributed by atoms with E-state index in [4.69, 9.17) is 11.6 Å². The van der Waals surface area contributed by atoms with Gasteiger partial charge in [0, 0.05) is 25.3 Å². The predicted octanol–water partition coefficient (Wildman–Crippen LogP) is 5.36. The van der Waals surface area contributed by atoms with Crippen LogP contribution in [0, 0.1) is 0 Å². The van der Waals surface area contributed by atoms with Crippen LogP contribution in [0.3, 0.4) is 0 Å². The molecule has 4 rings (SSSR count). The zero-order valence-corrected chi connectivity index (χ0v) is 22.7. The van der Waals surface area contributed by atoms with Gasteiger partial charge in [-0.15, -0.1) is 0 Å². The van der Waals surface area contributed by atoms with Gasteiger partial charge in [0.05, 0.1) is 15.5 Å².